The molecule has 0 N–H and O–H groups in total. The van der Waals surface area contributed by atoms with E-state index in [0.29, 0.717) is 27.5 Å². The smallest absolute Gasteiger partial charge is 0.205 e. The molecule has 1 aromatic heterocycles. The van der Waals surface area contributed by atoms with Gasteiger partial charge in [-0.3, -0.25) is 4.90 Å². The summed E-state index contributed by atoms with van der Waals surface area (Å²) < 4.78 is 11.5. The minimum absolute atomic E-state index is 0.279. The number of benzene rings is 2. The zero-order valence-corrected chi connectivity index (χ0v) is 17.9. The van der Waals surface area contributed by atoms with Gasteiger partial charge in [-0.25, -0.2) is 10.0 Å². The third-order valence-corrected chi connectivity index (χ3v) is 6.11. The minimum Gasteiger partial charge on any atom is -0.485 e. The first-order chi connectivity index (χ1) is 14.7. The molecule has 0 radical (unpaired) electrons. The number of ether oxygens (including phenoxy) is 1. The van der Waals surface area contributed by atoms with Crippen molar-refractivity contribution in [2.75, 3.05) is 11.5 Å². The van der Waals surface area contributed by atoms with Crippen molar-refractivity contribution in [3.63, 3.8) is 0 Å². The van der Waals surface area contributed by atoms with Gasteiger partial charge < -0.3 is 9.15 Å². The Morgan fingerprint density at radius 2 is 1.87 bits per heavy atom. The molecular weight excluding hydrogens is 440 g/mol. The van der Waals surface area contributed by atoms with Crippen molar-refractivity contribution in [2.24, 2.45) is 10.1 Å². The van der Waals surface area contributed by atoms with Gasteiger partial charge in [0.2, 0.25) is 5.11 Å². The Morgan fingerprint density at radius 3 is 2.63 bits per heavy atom. The zero-order valence-electron chi connectivity index (χ0n) is 15.5. The van der Waals surface area contributed by atoms with Gasteiger partial charge in [0.05, 0.1) is 17.0 Å². The fourth-order valence-corrected chi connectivity index (χ4v) is 4.59. The number of rotatable bonds is 5. The van der Waals surface area contributed by atoms with Gasteiger partial charge in [-0.2, -0.15) is 5.10 Å². The summed E-state index contributed by atoms with van der Waals surface area (Å²) in [6.45, 7) is 0.279. The van der Waals surface area contributed by atoms with E-state index in [2.05, 4.69) is 5.10 Å². The van der Waals surface area contributed by atoms with Crippen molar-refractivity contribution >= 4 is 57.3 Å². The molecule has 3 heterocycles. The van der Waals surface area contributed by atoms with E-state index in [-0.39, 0.29) is 12.1 Å². The van der Waals surface area contributed by atoms with Gasteiger partial charge in [0.15, 0.2) is 17.1 Å². The number of para-hydroxylation sites is 2. The lowest BCUT2D eigenvalue weighted by atomic mass is 10.2. The molecule has 2 aromatic carbocycles. The highest BCUT2D eigenvalue weighted by Crippen LogP contribution is 2.35. The third-order valence-electron chi connectivity index (χ3n) is 4.45. The lowest BCUT2D eigenvalue weighted by molar-refractivity contribution is 0.374. The van der Waals surface area contributed by atoms with Crippen LogP contribution in [0.1, 0.15) is 5.76 Å². The third kappa shape index (κ3) is 3.58. The van der Waals surface area contributed by atoms with Crippen LogP contribution in [0.4, 0.5) is 5.69 Å². The predicted molar refractivity (Wildman–Crippen MR) is 124 cm³/mol. The fourth-order valence-electron chi connectivity index (χ4n) is 3.09. The maximum absolute atomic E-state index is 6.18. The van der Waals surface area contributed by atoms with Crippen LogP contribution in [0.25, 0.3) is 0 Å². The van der Waals surface area contributed by atoms with Crippen LogP contribution in [0.2, 0.25) is 5.02 Å². The monoisotopic (exact) mass is 454 g/mol. The normalized spacial score (nSPS) is 18.2. The number of thiocarbonyl (C=S) groups is 1. The van der Waals surface area contributed by atoms with Crippen LogP contribution in [0.5, 0.6) is 5.75 Å². The molecule has 0 saturated carbocycles. The van der Waals surface area contributed by atoms with Gasteiger partial charge in [-0.1, -0.05) is 53.7 Å². The molecule has 0 bridgehead atoms. The van der Waals surface area contributed by atoms with E-state index in [0.717, 1.165) is 10.7 Å². The Labute approximate surface area is 187 Å². The van der Waals surface area contributed by atoms with Gasteiger partial charge in [0.1, 0.15) is 17.4 Å². The maximum atomic E-state index is 6.18. The highest BCUT2D eigenvalue weighted by atomic mass is 35.5. The average molecular weight is 455 g/mol. The molecule has 2 aliphatic heterocycles. The number of halogens is 1. The number of anilines is 1. The molecule has 1 unspecified atom stereocenters. The molecule has 2 aliphatic rings. The average Bonchev–Trinajstić information content (AvgIpc) is 3.44. The van der Waals surface area contributed by atoms with E-state index in [4.69, 9.17) is 38.0 Å². The molecule has 0 fully saturated rings. The molecule has 0 amide bonds. The van der Waals surface area contributed by atoms with Crippen LogP contribution in [-0.2, 0) is 0 Å². The first-order valence-electron chi connectivity index (χ1n) is 9.12. The van der Waals surface area contributed by atoms with E-state index in [1.54, 1.807) is 17.3 Å². The molecule has 3 aromatic rings. The summed E-state index contributed by atoms with van der Waals surface area (Å²) >= 11 is 13.5. The quantitative estimate of drug-likeness (QED) is 0.493. The summed E-state index contributed by atoms with van der Waals surface area (Å²) in [5.74, 6) is 1.90. The van der Waals surface area contributed by atoms with Crippen LogP contribution >= 0.6 is 35.6 Å². The highest BCUT2D eigenvalue weighted by Gasteiger charge is 2.40. The van der Waals surface area contributed by atoms with Crippen molar-refractivity contribution in [3.05, 3.63) is 83.8 Å². The Kier molecular flexibility index (Phi) is 5.20. The lowest BCUT2D eigenvalue weighted by Gasteiger charge is -2.35. The van der Waals surface area contributed by atoms with E-state index in [1.807, 2.05) is 65.6 Å². The number of thioether (sulfide) groups is 1. The van der Waals surface area contributed by atoms with Gasteiger partial charge in [-0.05, 0) is 48.6 Å². The first-order valence-corrected chi connectivity index (χ1v) is 10.8. The fraction of sp³-hybridized carbons (Fsp3) is 0.0952. The largest absolute Gasteiger partial charge is 0.485 e. The summed E-state index contributed by atoms with van der Waals surface area (Å²) in [4.78, 5) is 6.74. The SMILES string of the molecule is S=C1N(c2ccccc2)C(c2ccco2)=NC2SC(COc3ccccc3Cl)=NN12. The van der Waals surface area contributed by atoms with Crippen LogP contribution in [0.15, 0.2) is 87.5 Å². The minimum atomic E-state index is -0.317. The second kappa shape index (κ2) is 8.14. The molecule has 6 nitrogen and oxygen atoms in total. The lowest BCUT2D eigenvalue weighted by Crippen LogP contribution is -2.50. The van der Waals surface area contributed by atoms with Crippen molar-refractivity contribution in [2.45, 2.75) is 5.50 Å². The molecule has 0 spiro atoms. The Morgan fingerprint density at radius 1 is 1.07 bits per heavy atom. The maximum Gasteiger partial charge on any atom is 0.205 e. The summed E-state index contributed by atoms with van der Waals surface area (Å²) in [7, 11) is 0. The molecule has 1 atom stereocenters. The second-order valence-electron chi connectivity index (χ2n) is 6.39. The summed E-state index contributed by atoms with van der Waals surface area (Å²) in [5, 5.41) is 8.22. The number of amidine groups is 1. The van der Waals surface area contributed by atoms with Crippen molar-refractivity contribution in [1.29, 1.82) is 0 Å². The number of hydrogen-bond donors (Lipinski definition) is 0. The topological polar surface area (TPSA) is 53.6 Å². The summed E-state index contributed by atoms with van der Waals surface area (Å²) in [6.07, 6.45) is 1.62. The number of hydrazone groups is 1. The Balaban J connectivity index is 1.44. The number of hydrogen-bond acceptors (Lipinski definition) is 6. The standard InChI is InChI=1S/C21H15ClN4O2S2/c22-15-9-4-5-10-16(15)28-13-18-24-26-20(30-18)23-19(17-11-6-12-27-17)25(21(26)29)14-7-2-1-3-8-14/h1-12,20H,13H2. The number of nitrogens with zero attached hydrogens (tertiary/aromatic N) is 4. The predicted octanol–water partition coefficient (Wildman–Crippen LogP) is 5.21. The van der Waals surface area contributed by atoms with Crippen LogP contribution in [-0.4, -0.2) is 33.1 Å². The molecule has 5 rings (SSSR count). The van der Waals surface area contributed by atoms with Gasteiger partial charge in [0, 0.05) is 0 Å². The Bertz CT molecular complexity index is 1130. The van der Waals surface area contributed by atoms with E-state index in [1.165, 1.54) is 11.8 Å². The number of fused-ring (bicyclic) bond motifs is 1. The van der Waals surface area contributed by atoms with Gasteiger partial charge in [0.25, 0.3) is 0 Å². The molecule has 150 valence electrons. The highest BCUT2D eigenvalue weighted by molar-refractivity contribution is 8.14. The van der Waals surface area contributed by atoms with E-state index >= 15 is 0 Å². The molecule has 0 aliphatic carbocycles. The van der Waals surface area contributed by atoms with Gasteiger partial charge >= 0.3 is 0 Å². The molecule has 0 saturated heterocycles. The zero-order chi connectivity index (χ0) is 20.5. The van der Waals surface area contributed by atoms with E-state index < -0.39 is 0 Å². The summed E-state index contributed by atoms with van der Waals surface area (Å²) in [6, 6.07) is 20.9. The Hall–Kier alpha value is -2.81. The van der Waals surface area contributed by atoms with Crippen LogP contribution < -0.4 is 9.64 Å². The van der Waals surface area contributed by atoms with Crippen LogP contribution in [0, 0.1) is 0 Å². The number of aliphatic imine (C=N–C) groups is 1. The van der Waals surface area contributed by atoms with Gasteiger partial charge in [-0.15, -0.1) is 0 Å². The second-order valence-corrected chi connectivity index (χ2v) is 8.29. The van der Waals surface area contributed by atoms with Crippen LogP contribution in [0.3, 0.4) is 0 Å². The summed E-state index contributed by atoms with van der Waals surface area (Å²) in [5.41, 5.74) is 0.569. The molecule has 9 heteroatoms. The molecule has 30 heavy (non-hydrogen) atoms. The number of furan rings is 1. The van der Waals surface area contributed by atoms with Crippen molar-refractivity contribution in [3.8, 4) is 5.75 Å². The molecular formula is C21H15ClN4O2S2. The first kappa shape index (κ1) is 19.2. The van der Waals surface area contributed by atoms with E-state index in [9.17, 15) is 0 Å². The van der Waals surface area contributed by atoms with Crippen molar-refractivity contribution < 1.29 is 9.15 Å². The van der Waals surface area contributed by atoms with Crippen molar-refractivity contribution in [1.82, 2.24) is 5.01 Å².